The molecule has 4 aliphatic carbocycles. The normalized spacial score (nSPS) is 28.0. The summed E-state index contributed by atoms with van der Waals surface area (Å²) >= 11 is 14.3. The van der Waals surface area contributed by atoms with Gasteiger partial charge < -0.3 is 113 Å². The summed E-state index contributed by atoms with van der Waals surface area (Å²) in [5, 5.41) is 120. The van der Waals surface area contributed by atoms with Gasteiger partial charge in [-0.05, 0) is 188 Å². The number of anilines is 1. The van der Waals surface area contributed by atoms with Gasteiger partial charge in [0, 0.05) is 35.5 Å². The summed E-state index contributed by atoms with van der Waals surface area (Å²) in [5.41, 5.74) is 5.10. The molecule has 6 heterocycles. The summed E-state index contributed by atoms with van der Waals surface area (Å²) in [5.74, 6) is -13.2. The Hall–Kier alpha value is -10.4. The zero-order valence-corrected chi connectivity index (χ0v) is 63.9. The number of phenolic OH excluding ortho intramolecular Hbond substituents is 3. The minimum Gasteiger partial charge on any atom is -0.508 e. The van der Waals surface area contributed by atoms with Crippen LogP contribution < -0.4 is 73.1 Å². The first kappa shape index (κ1) is 81.6. The van der Waals surface area contributed by atoms with Gasteiger partial charge >= 0.3 is 6.03 Å². The molecule has 0 unspecified atom stereocenters. The number of likely N-dealkylation sites (N-methyl/N-ethyl adjacent to an activating group) is 1. The number of phenols is 3. The van der Waals surface area contributed by atoms with Crippen LogP contribution in [0.4, 0.5) is 10.5 Å². The van der Waals surface area contributed by atoms with E-state index in [0.29, 0.717) is 11.8 Å². The van der Waals surface area contributed by atoms with Crippen LogP contribution in [0.15, 0.2) is 103 Å². The second-order valence-corrected chi connectivity index (χ2v) is 31.5. The lowest BCUT2D eigenvalue weighted by Gasteiger charge is -2.54. The molecule has 14 atom stereocenters. The lowest BCUT2D eigenvalue weighted by Crippen LogP contribution is -2.60. The van der Waals surface area contributed by atoms with Crippen molar-refractivity contribution in [2.24, 2.45) is 35.3 Å². The molecule has 16 rings (SSSR count). The number of ether oxygens (including phenoxy) is 4. The van der Waals surface area contributed by atoms with E-state index in [1.807, 2.05) is 20.8 Å². The maximum atomic E-state index is 16.4. The lowest BCUT2D eigenvalue weighted by molar-refractivity contribution is -0.270. The Morgan fingerprint density at radius 2 is 1.25 bits per heavy atom. The van der Waals surface area contributed by atoms with E-state index in [0.717, 1.165) is 112 Å². The minimum atomic E-state index is -2.36. The number of halogens is 2. The lowest BCUT2D eigenvalue weighted by atomic mass is 9.54. The number of nitrogens with two attached hydrogens (primary N) is 1. The first-order valence-electron chi connectivity index (χ1n) is 37.9. The average Bonchev–Trinajstić information content (AvgIpc) is 0.755. The van der Waals surface area contributed by atoms with E-state index >= 15 is 28.8 Å². The predicted octanol–water partition coefficient (Wildman–Crippen LogP) is 4.90. The average molecular weight is 1610 g/mol. The monoisotopic (exact) mass is 1610 g/mol. The highest BCUT2D eigenvalue weighted by atomic mass is 35.5. The van der Waals surface area contributed by atoms with Crippen molar-refractivity contribution >= 4 is 82.2 Å². The molecule has 4 saturated carbocycles. The molecule has 0 spiro atoms. The standard InChI is InChI=1S/C80H91Cl2N11O21/c1-5-6-7-34-8-13-43(14-9-34)85-80(110)87-58(97)31-50-73(104)89-62-42-27-55(111-53-16-11-38(25-47(53)81)66(98)64(77(108)86-50)92-72(103)49(84-4)18-33(2)3)71(114-79-70(102)69(101)68(100)57(32-83)113-79)56(28-42)112-54-17-12-39(26-48(54)82)67(99)65-78(109)91-63(76(107)88-60-40-20-35-19-36(22-40)23-41(60)21-35)46-29-44(94)30-52(96)59(46)45-24-37(10-15-51(45)95)61(74(105)93-65)90-75(62)106/h8-17,24-30,33,35-36,40-41,49-50,57,60-70,79,84,94-96,98-102H,5-7,18-23,31-32,83H2,1-4H3,(H,86,108)(H,88,107)(H,89,104)(H,90,106)(H,91,109)(H,92,103)(H,93,105)(H2,85,87,97,110)/t35?,36?,40?,41?,49-,50+,57-,60?,61-,62-,63+,64-,65+,66-,67-,68-,69+,70-,79+/m1/s1. The first-order chi connectivity index (χ1) is 54.4. The van der Waals surface area contributed by atoms with Crippen molar-refractivity contribution in [3.05, 3.63) is 147 Å². The molecule has 0 radical (unpaired) electrons. The fourth-order valence-corrected chi connectivity index (χ4v) is 17.1. The highest BCUT2D eigenvalue weighted by molar-refractivity contribution is 6.32. The van der Waals surface area contributed by atoms with E-state index in [1.165, 1.54) is 31.3 Å². The number of aliphatic hydroxyl groups excluding tert-OH is 5. The number of imide groups is 1. The summed E-state index contributed by atoms with van der Waals surface area (Å²) in [4.78, 5) is 137. The Bertz CT molecular complexity index is 4700. The number of nitrogens with one attached hydrogen (secondary N) is 10. The van der Waals surface area contributed by atoms with Gasteiger partial charge in [-0.15, -0.1) is 0 Å². The van der Waals surface area contributed by atoms with Gasteiger partial charge in [-0.1, -0.05) is 80.7 Å². The second kappa shape index (κ2) is 34.4. The molecule has 20 N–H and O–H groups in total. The molecular weight excluding hydrogens is 1520 g/mol. The van der Waals surface area contributed by atoms with Crippen molar-refractivity contribution in [2.75, 3.05) is 18.9 Å². The highest BCUT2D eigenvalue weighted by Crippen LogP contribution is 2.55. The van der Waals surface area contributed by atoms with Crippen LogP contribution in [0.5, 0.6) is 46.0 Å². The molecule has 32 nitrogen and oxygen atoms in total. The van der Waals surface area contributed by atoms with E-state index < -0.39 is 192 Å². The van der Waals surface area contributed by atoms with Gasteiger partial charge in [-0.25, -0.2) is 4.79 Å². The smallest absolute Gasteiger partial charge is 0.325 e. The number of unbranched alkanes of at least 4 members (excludes halogenated alkanes) is 1. The number of urea groups is 1. The molecule has 0 aromatic heterocycles. The number of fused-ring (bicyclic) bond motifs is 15. The van der Waals surface area contributed by atoms with E-state index in [9.17, 15) is 55.2 Å². The van der Waals surface area contributed by atoms with Crippen molar-refractivity contribution < 1.29 is 103 Å². The number of hydrogen-bond acceptors (Lipinski definition) is 23. The number of aryl methyl sites for hydroxylation is 1. The molecule has 6 aliphatic heterocycles. The van der Waals surface area contributed by atoms with Crippen LogP contribution in [0, 0.1) is 29.6 Å². The number of amides is 10. The van der Waals surface area contributed by atoms with Crippen LogP contribution in [0.25, 0.3) is 11.1 Å². The van der Waals surface area contributed by atoms with Gasteiger partial charge in [0.2, 0.25) is 59.3 Å². The fraction of sp³-hybridized carbons (Fsp3) is 0.438. The topological polar surface area (TPSA) is 499 Å². The first-order valence-corrected chi connectivity index (χ1v) is 38.6. The molecular formula is C80H91Cl2N11O21. The number of benzene rings is 6. The summed E-state index contributed by atoms with van der Waals surface area (Å²) in [6.45, 7) is 5.23. The molecule has 606 valence electrons. The quantitative estimate of drug-likeness (QED) is 0.0613. The largest absolute Gasteiger partial charge is 0.508 e. The summed E-state index contributed by atoms with van der Waals surface area (Å²) in [7, 11) is 1.48. The minimum absolute atomic E-state index is 0.0734. The van der Waals surface area contributed by atoms with Gasteiger partial charge in [0.15, 0.2) is 11.5 Å². The number of carbonyl (C=O) groups excluding carboxylic acids is 9. The number of hydrogen-bond donors (Lipinski definition) is 19. The molecule has 34 heteroatoms. The van der Waals surface area contributed by atoms with E-state index in [4.69, 9.17) is 47.9 Å². The van der Waals surface area contributed by atoms with Crippen molar-refractivity contribution in [3.8, 4) is 57.1 Å². The molecule has 6 aromatic carbocycles. The number of carbonyl (C=O) groups is 9. The van der Waals surface area contributed by atoms with Crippen molar-refractivity contribution in [2.45, 2.75) is 176 Å². The predicted molar refractivity (Wildman–Crippen MR) is 409 cm³/mol. The Labute approximate surface area is 663 Å². The molecule has 1 saturated heterocycles. The number of rotatable bonds is 16. The van der Waals surface area contributed by atoms with Crippen LogP contribution >= 0.6 is 23.2 Å². The Kier molecular flexibility index (Phi) is 24.6. The summed E-state index contributed by atoms with van der Waals surface area (Å²) in [6.07, 6.45) is -7.56. The van der Waals surface area contributed by atoms with E-state index in [-0.39, 0.29) is 90.8 Å². The van der Waals surface area contributed by atoms with Crippen LogP contribution in [-0.2, 0) is 49.5 Å². The Balaban J connectivity index is 0.991. The third-order valence-electron chi connectivity index (χ3n) is 22.3. The van der Waals surface area contributed by atoms with E-state index in [1.54, 1.807) is 24.3 Å². The SMILES string of the molecule is CCCCc1ccc(NC(=O)NC(=O)C[C@@H]2NC(=O)[C@H](NC(=O)[C@@H](CC(C)C)NC)[C@H](O)c3ccc(c(Cl)c3)Oc3cc4cc(c3O[C@@H]3O[C@H](CN)[C@@H](O)[C@H](O)[C@H]3O)Oc3ccc(cc3Cl)[C@@H](O)[C@@H]3NC(=O)[C@H](NC(=O)[C@@H]4NC2=O)c2ccc(O)c(c2)-c2c(O)cc(O)cc2[C@@H](C(=O)NC2C4CC5CC(C4)CC2C5)NC3=O)cc1. The fourth-order valence-electron chi connectivity index (χ4n) is 16.7. The molecule has 5 fully saturated rings. The van der Waals surface area contributed by atoms with Gasteiger partial charge in [-0.3, -0.25) is 43.7 Å². The maximum absolute atomic E-state index is 16.4. The van der Waals surface area contributed by atoms with Crippen LogP contribution in [0.2, 0.25) is 10.0 Å². The molecule has 10 aliphatic rings. The molecule has 114 heavy (non-hydrogen) atoms. The van der Waals surface area contributed by atoms with Crippen molar-refractivity contribution in [1.82, 2.24) is 47.9 Å². The summed E-state index contributed by atoms with van der Waals surface area (Å²) in [6, 6.07) is 5.88. The molecule has 15 bridgehead atoms. The Morgan fingerprint density at radius 3 is 1.86 bits per heavy atom. The maximum Gasteiger partial charge on any atom is 0.325 e. The van der Waals surface area contributed by atoms with Gasteiger partial charge in [0.25, 0.3) is 0 Å². The van der Waals surface area contributed by atoms with Crippen LogP contribution in [0.3, 0.4) is 0 Å². The molecule has 10 amide bonds. The van der Waals surface area contributed by atoms with Gasteiger partial charge in [0.1, 0.15) is 102 Å². The van der Waals surface area contributed by atoms with E-state index in [2.05, 4.69) is 53.2 Å². The third-order valence-corrected chi connectivity index (χ3v) is 22.9. The Morgan fingerprint density at radius 1 is 0.632 bits per heavy atom. The zero-order valence-electron chi connectivity index (χ0n) is 62.4. The van der Waals surface area contributed by atoms with Gasteiger partial charge in [0.05, 0.1) is 22.5 Å². The second-order valence-electron chi connectivity index (χ2n) is 30.7. The third kappa shape index (κ3) is 17.5. The summed E-state index contributed by atoms with van der Waals surface area (Å²) < 4.78 is 25.6. The van der Waals surface area contributed by atoms with Crippen molar-refractivity contribution in [3.63, 3.8) is 0 Å². The van der Waals surface area contributed by atoms with Crippen LogP contribution in [0.1, 0.15) is 142 Å². The zero-order chi connectivity index (χ0) is 81.4. The number of aliphatic hydroxyl groups is 5. The van der Waals surface area contributed by atoms with Crippen LogP contribution in [-0.4, -0.2) is 169 Å². The highest BCUT2D eigenvalue weighted by Gasteiger charge is 2.51. The molecule has 6 aromatic rings. The van der Waals surface area contributed by atoms with Gasteiger partial charge in [-0.2, -0.15) is 0 Å². The number of aromatic hydroxyl groups is 3. The van der Waals surface area contributed by atoms with Crippen molar-refractivity contribution in [1.29, 1.82) is 0 Å².